The quantitative estimate of drug-likeness (QED) is 0.258. The minimum atomic E-state index is -2.40. The Morgan fingerprint density at radius 1 is 0.951 bits per heavy atom. The molecule has 1 atom stereocenters. The van der Waals surface area contributed by atoms with E-state index in [-0.39, 0.29) is 17.8 Å². The molecule has 3 aliphatic rings. The van der Waals surface area contributed by atoms with E-state index in [0.717, 1.165) is 49.0 Å². The van der Waals surface area contributed by atoms with Gasteiger partial charge >= 0.3 is 5.97 Å². The summed E-state index contributed by atoms with van der Waals surface area (Å²) < 4.78 is 38.1. The van der Waals surface area contributed by atoms with Gasteiger partial charge in [-0.2, -0.15) is 10.6 Å². The monoisotopic (exact) mass is 578 g/mol. The summed E-state index contributed by atoms with van der Waals surface area (Å²) in [7, 11) is -2.40. The van der Waals surface area contributed by atoms with Crippen molar-refractivity contribution >= 4 is 16.6 Å². The molecular formula is C33H38O7S. The van der Waals surface area contributed by atoms with Crippen LogP contribution in [0.25, 0.3) is 11.1 Å². The van der Waals surface area contributed by atoms with Crippen LogP contribution in [0.15, 0.2) is 54.6 Å². The van der Waals surface area contributed by atoms with Crippen molar-refractivity contribution in [3.8, 4) is 28.4 Å². The normalized spacial score (nSPS) is 20.9. The average Bonchev–Trinajstić information content (AvgIpc) is 3.24. The second kappa shape index (κ2) is 11.2. The van der Waals surface area contributed by atoms with E-state index in [0.29, 0.717) is 42.8 Å². The van der Waals surface area contributed by atoms with E-state index in [2.05, 4.69) is 43.3 Å². The molecule has 2 heterocycles. The van der Waals surface area contributed by atoms with Gasteiger partial charge in [0.25, 0.3) is 0 Å². The van der Waals surface area contributed by atoms with Gasteiger partial charge in [0.05, 0.1) is 19.6 Å². The fourth-order valence-corrected chi connectivity index (χ4v) is 7.97. The van der Waals surface area contributed by atoms with Gasteiger partial charge in [-0.05, 0) is 84.2 Å². The predicted octanol–water partition coefficient (Wildman–Crippen LogP) is 7.30. The summed E-state index contributed by atoms with van der Waals surface area (Å²) in [4.78, 5) is 11.1. The van der Waals surface area contributed by atoms with E-state index in [1.54, 1.807) is 0 Å². The maximum atomic E-state index is 11.1. The number of aryl methyl sites for hydroxylation is 2. The lowest BCUT2D eigenvalue weighted by molar-refractivity contribution is -0.137. The Morgan fingerprint density at radius 3 is 2.51 bits per heavy atom. The number of ether oxygens (including phenoxy) is 3. The topological polar surface area (TPSA) is 105 Å². The summed E-state index contributed by atoms with van der Waals surface area (Å²) in [6, 6.07) is 18.6. The molecule has 0 radical (unpaired) electrons. The van der Waals surface area contributed by atoms with Gasteiger partial charge in [-0.25, -0.2) is 0 Å². The molecular weight excluding hydrogens is 540 g/mol. The number of carboxylic acids is 1. The average molecular weight is 579 g/mol. The van der Waals surface area contributed by atoms with Crippen LogP contribution in [0, 0.1) is 5.41 Å². The molecule has 1 fully saturated rings. The highest BCUT2D eigenvalue weighted by atomic mass is 32.3. The van der Waals surface area contributed by atoms with E-state index in [4.69, 9.17) is 19.3 Å². The maximum absolute atomic E-state index is 11.1. The molecule has 2 aliphatic heterocycles. The third-order valence-corrected chi connectivity index (χ3v) is 10.5. The van der Waals surface area contributed by atoms with Crippen LogP contribution in [-0.2, 0) is 24.2 Å². The van der Waals surface area contributed by atoms with Gasteiger partial charge in [-0.15, -0.1) is 0 Å². The van der Waals surface area contributed by atoms with E-state index < -0.39 is 16.6 Å². The summed E-state index contributed by atoms with van der Waals surface area (Å²) in [5, 5.41) is 9.14. The first-order valence-electron chi connectivity index (χ1n) is 14.4. The first-order valence-corrected chi connectivity index (χ1v) is 16.3. The Kier molecular flexibility index (Phi) is 7.66. The molecule has 0 unspecified atom stereocenters. The van der Waals surface area contributed by atoms with Crippen LogP contribution in [-0.4, -0.2) is 44.9 Å². The minimum Gasteiger partial charge on any atom is -0.493 e. The second-order valence-electron chi connectivity index (χ2n) is 12.1. The highest BCUT2D eigenvalue weighted by Gasteiger charge is 2.34. The van der Waals surface area contributed by atoms with Crippen molar-refractivity contribution in [2.45, 2.75) is 58.0 Å². The van der Waals surface area contributed by atoms with Crippen LogP contribution in [0.5, 0.6) is 17.2 Å². The largest absolute Gasteiger partial charge is 0.493 e. The molecule has 6 rings (SSSR count). The van der Waals surface area contributed by atoms with Crippen molar-refractivity contribution in [1.29, 1.82) is 0 Å². The van der Waals surface area contributed by atoms with Crippen molar-refractivity contribution in [3.63, 3.8) is 0 Å². The third kappa shape index (κ3) is 6.35. The van der Waals surface area contributed by atoms with Crippen molar-refractivity contribution in [2.24, 2.45) is 5.41 Å². The molecule has 1 aliphatic carbocycles. The van der Waals surface area contributed by atoms with Crippen LogP contribution < -0.4 is 14.2 Å². The van der Waals surface area contributed by atoms with Gasteiger partial charge in [0.15, 0.2) is 0 Å². The predicted molar refractivity (Wildman–Crippen MR) is 161 cm³/mol. The van der Waals surface area contributed by atoms with Gasteiger partial charge < -0.3 is 19.3 Å². The van der Waals surface area contributed by atoms with Gasteiger partial charge in [0.2, 0.25) is 0 Å². The SMILES string of the molecule is CC1(COc2ccc3c(c2)CCCc2ccc(COc4ccc5c(c4)OC[C@H]5CC(=O)O)cc2-3)CCS(O)(O)CC1. The van der Waals surface area contributed by atoms with Crippen LogP contribution in [0.4, 0.5) is 0 Å². The first kappa shape index (κ1) is 27.9. The molecule has 0 bridgehead atoms. The number of hydrogen-bond acceptors (Lipinski definition) is 6. The molecule has 8 heteroatoms. The summed E-state index contributed by atoms with van der Waals surface area (Å²) in [5.74, 6) is 2.27. The molecule has 218 valence electrons. The Morgan fingerprint density at radius 2 is 1.71 bits per heavy atom. The molecule has 0 spiro atoms. The molecule has 3 aromatic rings. The summed E-state index contributed by atoms with van der Waals surface area (Å²) in [5.41, 5.74) is 7.07. The molecule has 0 saturated carbocycles. The first-order chi connectivity index (χ1) is 19.7. The molecule has 3 aromatic carbocycles. The molecule has 7 nitrogen and oxygen atoms in total. The zero-order valence-corrected chi connectivity index (χ0v) is 24.3. The lowest BCUT2D eigenvalue weighted by atomic mass is 9.85. The lowest BCUT2D eigenvalue weighted by Crippen LogP contribution is -2.34. The van der Waals surface area contributed by atoms with Crippen molar-refractivity contribution < 1.29 is 33.2 Å². The van der Waals surface area contributed by atoms with Gasteiger partial charge in [0, 0.05) is 34.5 Å². The van der Waals surface area contributed by atoms with E-state index >= 15 is 0 Å². The molecule has 3 N–H and O–H groups in total. The molecule has 1 saturated heterocycles. The molecule has 41 heavy (non-hydrogen) atoms. The van der Waals surface area contributed by atoms with Gasteiger partial charge in [0.1, 0.15) is 23.9 Å². The molecule has 0 amide bonds. The number of hydrogen-bond donors (Lipinski definition) is 3. The number of rotatable bonds is 8. The van der Waals surface area contributed by atoms with Crippen molar-refractivity contribution in [2.75, 3.05) is 24.7 Å². The Bertz CT molecular complexity index is 1440. The number of fused-ring (bicyclic) bond motifs is 4. The minimum absolute atomic E-state index is 0.0403. The van der Waals surface area contributed by atoms with Gasteiger partial charge in [-0.1, -0.05) is 31.2 Å². The van der Waals surface area contributed by atoms with E-state index in [9.17, 15) is 13.9 Å². The third-order valence-electron chi connectivity index (χ3n) is 8.78. The number of aliphatic carboxylic acids is 1. The smallest absolute Gasteiger partial charge is 0.304 e. The molecule has 0 aromatic heterocycles. The standard InChI is InChI=1S/C33H38O7S/c1-33(11-13-41(36,37)14-12-33)21-40-26-7-9-28-24(16-26)4-2-3-23-6-5-22(15-30(23)28)19-38-27-8-10-29-25(17-32(34)35)20-39-31(29)18-27/h5-10,15-16,18,25,36-37H,2-4,11-14,17,19-21H2,1H3,(H,34,35)/t25-/m1/s1. The second-order valence-corrected chi connectivity index (χ2v) is 14.5. The van der Waals surface area contributed by atoms with Gasteiger partial charge in [-0.3, -0.25) is 13.9 Å². The summed E-state index contributed by atoms with van der Waals surface area (Å²) in [6.07, 6.45) is 4.68. The van der Waals surface area contributed by atoms with Crippen LogP contribution >= 0.6 is 10.6 Å². The Balaban J connectivity index is 1.14. The number of carboxylic acid groups (broad SMARTS) is 1. The Hall–Kier alpha value is -3.20. The fourth-order valence-electron chi connectivity index (χ4n) is 6.12. The van der Waals surface area contributed by atoms with E-state index in [1.165, 1.54) is 22.3 Å². The zero-order valence-electron chi connectivity index (χ0n) is 23.4. The lowest BCUT2D eigenvalue weighted by Gasteiger charge is -2.44. The highest BCUT2D eigenvalue weighted by Crippen LogP contribution is 2.50. The summed E-state index contributed by atoms with van der Waals surface area (Å²) in [6.45, 7) is 3.56. The number of benzene rings is 3. The van der Waals surface area contributed by atoms with Crippen LogP contribution in [0.3, 0.4) is 0 Å². The Labute approximate surface area is 242 Å². The zero-order chi connectivity index (χ0) is 28.6. The highest BCUT2D eigenvalue weighted by molar-refractivity contribution is 8.24. The maximum Gasteiger partial charge on any atom is 0.304 e. The van der Waals surface area contributed by atoms with E-state index in [1.807, 2.05) is 18.2 Å². The van der Waals surface area contributed by atoms with Crippen LogP contribution in [0.2, 0.25) is 0 Å². The van der Waals surface area contributed by atoms with Crippen LogP contribution in [0.1, 0.15) is 60.8 Å². The fraction of sp³-hybridized carbons (Fsp3) is 0.424. The van der Waals surface area contributed by atoms with Crippen molar-refractivity contribution in [1.82, 2.24) is 0 Å². The van der Waals surface area contributed by atoms with Crippen molar-refractivity contribution in [3.05, 3.63) is 76.9 Å². The summed E-state index contributed by atoms with van der Waals surface area (Å²) >= 11 is 0. The number of carbonyl (C=O) groups is 1.